The molecule has 0 fully saturated rings. The monoisotopic (exact) mass is 434 g/mol. The summed E-state index contributed by atoms with van der Waals surface area (Å²) >= 11 is 0. The van der Waals surface area contributed by atoms with Gasteiger partial charge in [0.1, 0.15) is 17.4 Å². The molecular formula is C23H26N6O3. The lowest BCUT2D eigenvalue weighted by atomic mass is 10.0. The van der Waals surface area contributed by atoms with Crippen LogP contribution < -0.4 is 9.64 Å². The highest BCUT2D eigenvalue weighted by Crippen LogP contribution is 2.30. The minimum Gasteiger partial charge on any atom is -0.497 e. The van der Waals surface area contributed by atoms with Crippen LogP contribution in [-0.4, -0.2) is 50.6 Å². The number of amides is 2. The normalized spacial score (nSPS) is 13.1. The number of anilines is 1. The Morgan fingerprint density at radius 1 is 1.25 bits per heavy atom. The van der Waals surface area contributed by atoms with Gasteiger partial charge in [-0.05, 0) is 31.0 Å². The molecule has 1 aromatic carbocycles. The van der Waals surface area contributed by atoms with E-state index in [1.807, 2.05) is 31.2 Å². The quantitative estimate of drug-likeness (QED) is 0.591. The predicted molar refractivity (Wildman–Crippen MR) is 118 cm³/mol. The van der Waals surface area contributed by atoms with Gasteiger partial charge in [-0.3, -0.25) is 19.2 Å². The first kappa shape index (κ1) is 21.5. The number of hydrogen-bond acceptors (Lipinski definition) is 6. The Morgan fingerprint density at radius 2 is 2.06 bits per heavy atom. The Labute approximate surface area is 186 Å². The zero-order valence-electron chi connectivity index (χ0n) is 18.7. The highest BCUT2D eigenvalue weighted by atomic mass is 16.5. The van der Waals surface area contributed by atoms with E-state index in [9.17, 15) is 9.59 Å². The van der Waals surface area contributed by atoms with Crippen molar-refractivity contribution < 1.29 is 14.3 Å². The van der Waals surface area contributed by atoms with Gasteiger partial charge in [-0.25, -0.2) is 9.97 Å². The number of nitrogens with zero attached hydrogens (tertiary/aromatic N) is 6. The molecule has 32 heavy (non-hydrogen) atoms. The molecule has 2 aromatic heterocycles. The molecule has 3 aromatic rings. The number of ether oxygens (including phenoxy) is 1. The fraction of sp³-hybridized carbons (Fsp3) is 0.348. The molecule has 0 spiro atoms. The second kappa shape index (κ2) is 8.78. The lowest BCUT2D eigenvalue weighted by Crippen LogP contribution is -2.36. The molecule has 9 heteroatoms. The summed E-state index contributed by atoms with van der Waals surface area (Å²) in [7, 11) is 5.08. The Morgan fingerprint density at radius 3 is 2.78 bits per heavy atom. The molecule has 0 radical (unpaired) electrons. The van der Waals surface area contributed by atoms with Crippen molar-refractivity contribution in [2.75, 3.05) is 19.1 Å². The van der Waals surface area contributed by atoms with E-state index >= 15 is 0 Å². The Balaban J connectivity index is 1.61. The second-order valence-electron chi connectivity index (χ2n) is 7.92. The number of aromatic nitrogens is 4. The summed E-state index contributed by atoms with van der Waals surface area (Å²) in [4.78, 5) is 38.1. The topological polar surface area (TPSA) is 93.5 Å². The number of rotatable bonds is 6. The summed E-state index contributed by atoms with van der Waals surface area (Å²) in [6.07, 6.45) is 4.23. The molecule has 9 nitrogen and oxygen atoms in total. The van der Waals surface area contributed by atoms with E-state index in [4.69, 9.17) is 9.72 Å². The first-order chi connectivity index (χ1) is 15.4. The van der Waals surface area contributed by atoms with Crippen LogP contribution in [0.3, 0.4) is 0 Å². The molecule has 0 bridgehead atoms. The van der Waals surface area contributed by atoms with Crippen molar-refractivity contribution >= 4 is 17.6 Å². The van der Waals surface area contributed by atoms with Crippen molar-refractivity contribution in [1.29, 1.82) is 0 Å². The van der Waals surface area contributed by atoms with Crippen LogP contribution in [0.1, 0.15) is 39.4 Å². The molecule has 166 valence electrons. The first-order valence-electron chi connectivity index (χ1n) is 10.4. The molecule has 0 saturated carbocycles. The maximum atomic E-state index is 12.8. The number of carbonyl (C=O) groups excluding carboxylic acids is 2. The van der Waals surface area contributed by atoms with Crippen LogP contribution >= 0.6 is 0 Å². The van der Waals surface area contributed by atoms with Crippen LogP contribution in [0.4, 0.5) is 5.82 Å². The van der Waals surface area contributed by atoms with Gasteiger partial charge in [-0.1, -0.05) is 12.1 Å². The summed E-state index contributed by atoms with van der Waals surface area (Å²) < 4.78 is 6.90. The van der Waals surface area contributed by atoms with E-state index in [-0.39, 0.29) is 18.4 Å². The van der Waals surface area contributed by atoms with Gasteiger partial charge < -0.3 is 9.64 Å². The van der Waals surface area contributed by atoms with E-state index in [0.717, 1.165) is 22.6 Å². The zero-order valence-corrected chi connectivity index (χ0v) is 18.7. The van der Waals surface area contributed by atoms with E-state index in [1.165, 1.54) is 6.20 Å². The largest absolute Gasteiger partial charge is 0.497 e. The van der Waals surface area contributed by atoms with Crippen molar-refractivity contribution in [3.05, 3.63) is 64.9 Å². The molecular weight excluding hydrogens is 408 g/mol. The number of carbonyl (C=O) groups is 2. The zero-order chi connectivity index (χ0) is 22.8. The number of benzene rings is 1. The molecule has 0 saturated heterocycles. The highest BCUT2D eigenvalue weighted by Gasteiger charge is 2.28. The van der Waals surface area contributed by atoms with Crippen molar-refractivity contribution in [1.82, 2.24) is 24.6 Å². The molecule has 0 aliphatic carbocycles. The van der Waals surface area contributed by atoms with E-state index in [2.05, 4.69) is 10.1 Å². The average molecular weight is 435 g/mol. The lowest BCUT2D eigenvalue weighted by molar-refractivity contribution is -0.119. The molecule has 1 aliphatic rings. The number of hydrogen-bond donors (Lipinski definition) is 0. The fourth-order valence-electron chi connectivity index (χ4n) is 3.86. The van der Waals surface area contributed by atoms with Crippen LogP contribution in [0.25, 0.3) is 0 Å². The van der Waals surface area contributed by atoms with Gasteiger partial charge >= 0.3 is 0 Å². The summed E-state index contributed by atoms with van der Waals surface area (Å²) in [5.41, 5.74) is 3.25. The van der Waals surface area contributed by atoms with E-state index in [0.29, 0.717) is 36.6 Å². The van der Waals surface area contributed by atoms with Gasteiger partial charge in [0.25, 0.3) is 5.91 Å². The molecule has 4 rings (SSSR count). The van der Waals surface area contributed by atoms with E-state index < -0.39 is 0 Å². The van der Waals surface area contributed by atoms with Gasteiger partial charge in [0.05, 0.1) is 32.0 Å². The molecule has 0 unspecified atom stereocenters. The summed E-state index contributed by atoms with van der Waals surface area (Å²) in [5.74, 6) is 1.70. The third-order valence-electron chi connectivity index (χ3n) is 5.54. The molecule has 3 heterocycles. The molecule has 0 N–H and O–H groups in total. The smallest absolute Gasteiger partial charge is 0.257 e. The summed E-state index contributed by atoms with van der Waals surface area (Å²) in [6.45, 7) is 2.54. The minimum atomic E-state index is -0.165. The third kappa shape index (κ3) is 4.32. The van der Waals surface area contributed by atoms with Gasteiger partial charge in [-0.15, -0.1) is 0 Å². The van der Waals surface area contributed by atoms with Crippen molar-refractivity contribution in [3.63, 3.8) is 0 Å². The molecule has 1 aliphatic heterocycles. The van der Waals surface area contributed by atoms with Crippen molar-refractivity contribution in [2.24, 2.45) is 7.05 Å². The van der Waals surface area contributed by atoms with Gasteiger partial charge in [-0.2, -0.15) is 5.10 Å². The summed E-state index contributed by atoms with van der Waals surface area (Å²) in [6, 6.07) is 7.64. The second-order valence-corrected chi connectivity index (χ2v) is 7.92. The number of fused-ring (bicyclic) bond motifs is 1. The maximum Gasteiger partial charge on any atom is 0.257 e. The standard InChI is InChI=1S/C23H26N6O3/c1-15-19-8-9-21(30)29(12-16-6-5-7-18(10-16)32-4)22(19)26-20(25-15)14-27(2)23(31)17-11-24-28(3)13-17/h5-7,10-11,13H,8-9,12,14H2,1-4H3. The van der Waals surface area contributed by atoms with Gasteiger partial charge in [0.2, 0.25) is 5.91 Å². The van der Waals surface area contributed by atoms with Crippen molar-refractivity contribution in [3.8, 4) is 5.75 Å². The number of aryl methyl sites for hydroxylation is 2. The lowest BCUT2D eigenvalue weighted by Gasteiger charge is -2.30. The van der Waals surface area contributed by atoms with Crippen LogP contribution in [0.15, 0.2) is 36.7 Å². The van der Waals surface area contributed by atoms with Crippen LogP contribution in [0.5, 0.6) is 5.75 Å². The highest BCUT2D eigenvalue weighted by molar-refractivity contribution is 5.95. The average Bonchev–Trinajstić information content (AvgIpc) is 3.21. The fourth-order valence-corrected chi connectivity index (χ4v) is 3.86. The predicted octanol–water partition coefficient (Wildman–Crippen LogP) is 2.28. The third-order valence-corrected chi connectivity index (χ3v) is 5.54. The van der Waals surface area contributed by atoms with E-state index in [1.54, 1.807) is 41.9 Å². The van der Waals surface area contributed by atoms with Crippen LogP contribution in [-0.2, 0) is 31.4 Å². The minimum absolute atomic E-state index is 0.0177. The van der Waals surface area contributed by atoms with Crippen LogP contribution in [0, 0.1) is 6.92 Å². The van der Waals surface area contributed by atoms with Crippen molar-refractivity contribution in [2.45, 2.75) is 32.9 Å². The van der Waals surface area contributed by atoms with Gasteiger partial charge in [0.15, 0.2) is 0 Å². The molecule has 2 amide bonds. The Kier molecular flexibility index (Phi) is 5.89. The summed E-state index contributed by atoms with van der Waals surface area (Å²) in [5, 5.41) is 4.05. The number of methoxy groups -OCH3 is 1. The first-order valence-corrected chi connectivity index (χ1v) is 10.4. The maximum absolute atomic E-state index is 12.8. The SMILES string of the molecule is COc1cccc(CN2C(=O)CCc3c(C)nc(CN(C)C(=O)c4cnn(C)c4)nc32)c1. The van der Waals surface area contributed by atoms with Gasteiger partial charge in [0, 0.05) is 38.0 Å². The van der Waals surface area contributed by atoms with Crippen LogP contribution in [0.2, 0.25) is 0 Å². The Hall–Kier alpha value is -3.75. The Bertz CT molecular complexity index is 1170. The molecule has 0 atom stereocenters.